The number of anilines is 1. The molecular formula is C30H41N7O5S. The average Bonchev–Trinajstić information content (AvgIpc) is 3.36. The molecule has 1 aromatic carbocycles. The van der Waals surface area contributed by atoms with E-state index in [1.807, 2.05) is 25.1 Å². The number of sulfonamides is 1. The molecule has 3 aromatic rings. The molecule has 1 unspecified atom stereocenters. The van der Waals surface area contributed by atoms with Gasteiger partial charge in [-0.25, -0.2) is 18.8 Å². The number of benzene rings is 1. The molecule has 0 radical (unpaired) electrons. The van der Waals surface area contributed by atoms with Gasteiger partial charge in [0, 0.05) is 46.0 Å². The van der Waals surface area contributed by atoms with Crippen molar-refractivity contribution in [3.05, 3.63) is 64.3 Å². The van der Waals surface area contributed by atoms with Gasteiger partial charge in [0.2, 0.25) is 10.0 Å². The number of hydrogen-bond donors (Lipinski definition) is 2. The third-order valence-corrected chi connectivity index (χ3v) is 9.60. The van der Waals surface area contributed by atoms with Crippen LogP contribution >= 0.6 is 0 Å². The minimum atomic E-state index is -3.79. The number of piperazine rings is 1. The molecular weight excluding hydrogens is 570 g/mol. The van der Waals surface area contributed by atoms with E-state index in [1.54, 1.807) is 36.5 Å². The maximum absolute atomic E-state index is 13.8. The topological polar surface area (TPSA) is 133 Å². The molecule has 13 heteroatoms. The van der Waals surface area contributed by atoms with Crippen molar-refractivity contribution in [2.24, 2.45) is 0 Å². The van der Waals surface area contributed by atoms with Crippen LogP contribution < -0.4 is 20.7 Å². The Balaban J connectivity index is 1.50. The zero-order valence-corrected chi connectivity index (χ0v) is 25.9. The van der Waals surface area contributed by atoms with E-state index in [-0.39, 0.29) is 22.3 Å². The van der Waals surface area contributed by atoms with E-state index < -0.39 is 10.0 Å². The summed E-state index contributed by atoms with van der Waals surface area (Å²) in [5, 5.41) is 1.80. The summed E-state index contributed by atoms with van der Waals surface area (Å²) in [5.41, 5.74) is 5.44. The number of methoxy groups -OCH3 is 1. The number of nitrogens with zero attached hydrogens (tertiary/aromatic N) is 5. The molecule has 0 amide bonds. The maximum atomic E-state index is 13.8. The fourth-order valence-corrected chi connectivity index (χ4v) is 6.90. The van der Waals surface area contributed by atoms with Crippen molar-refractivity contribution in [1.82, 2.24) is 29.6 Å². The molecule has 0 spiro atoms. The van der Waals surface area contributed by atoms with Crippen LogP contribution in [0.3, 0.4) is 0 Å². The first-order chi connectivity index (χ1) is 20.8. The molecule has 43 heavy (non-hydrogen) atoms. The first-order valence-electron chi connectivity index (χ1n) is 14.9. The third kappa shape index (κ3) is 6.91. The number of H-pyrrole nitrogens is 1. The number of nitrogens with one attached hydrogen (secondary N) is 2. The highest BCUT2D eigenvalue weighted by atomic mass is 32.2. The van der Waals surface area contributed by atoms with Crippen LogP contribution in [0.5, 0.6) is 5.75 Å². The van der Waals surface area contributed by atoms with E-state index in [0.29, 0.717) is 68.6 Å². The van der Waals surface area contributed by atoms with E-state index in [2.05, 4.69) is 27.2 Å². The smallest absolute Gasteiger partial charge is 0.276 e. The van der Waals surface area contributed by atoms with Gasteiger partial charge in [-0.05, 0) is 43.2 Å². The fraction of sp³-hybridized carbons (Fsp3) is 0.500. The molecule has 2 N–H and O–H groups in total. The lowest BCUT2D eigenvalue weighted by molar-refractivity contribution is 0.123. The number of aromatic nitrogens is 3. The fourth-order valence-electron chi connectivity index (χ4n) is 5.45. The van der Waals surface area contributed by atoms with Gasteiger partial charge in [0.15, 0.2) is 0 Å². The van der Waals surface area contributed by atoms with Crippen LogP contribution in [-0.4, -0.2) is 85.6 Å². The molecule has 0 saturated carbocycles. The van der Waals surface area contributed by atoms with Crippen LogP contribution in [0.2, 0.25) is 0 Å². The Morgan fingerprint density at radius 2 is 1.86 bits per heavy atom. The highest BCUT2D eigenvalue weighted by Crippen LogP contribution is 2.36. The lowest BCUT2D eigenvalue weighted by atomic mass is 10.1. The van der Waals surface area contributed by atoms with Crippen LogP contribution in [0.1, 0.15) is 50.5 Å². The molecule has 5 rings (SSSR count). The van der Waals surface area contributed by atoms with Gasteiger partial charge >= 0.3 is 0 Å². The number of hydrazine groups is 1. The van der Waals surface area contributed by atoms with Crippen molar-refractivity contribution in [2.45, 2.75) is 50.6 Å². The highest BCUT2D eigenvalue weighted by molar-refractivity contribution is 7.89. The summed E-state index contributed by atoms with van der Waals surface area (Å²) in [6.07, 6.45) is 4.15. The number of pyridine rings is 1. The normalized spacial score (nSPS) is 17.7. The summed E-state index contributed by atoms with van der Waals surface area (Å²) >= 11 is 0. The van der Waals surface area contributed by atoms with Crippen LogP contribution in [0, 0.1) is 0 Å². The molecule has 2 aliphatic rings. The molecule has 0 aliphatic carbocycles. The molecule has 1 atom stereocenters. The van der Waals surface area contributed by atoms with Crippen LogP contribution in [0.25, 0.3) is 11.4 Å². The molecule has 0 bridgehead atoms. The average molecular weight is 612 g/mol. The van der Waals surface area contributed by atoms with Gasteiger partial charge in [0.25, 0.3) is 5.56 Å². The largest absolute Gasteiger partial charge is 0.493 e. The molecule has 2 aliphatic heterocycles. The molecule has 12 nitrogen and oxygen atoms in total. The first-order valence-corrected chi connectivity index (χ1v) is 16.4. The first kappa shape index (κ1) is 31.1. The van der Waals surface area contributed by atoms with Crippen molar-refractivity contribution >= 4 is 15.7 Å². The number of ether oxygens (including phenoxy) is 2. The summed E-state index contributed by atoms with van der Waals surface area (Å²) in [6, 6.07) is 10.3. The van der Waals surface area contributed by atoms with E-state index >= 15 is 0 Å². The standard InChI is InChI=1S/C30H41N7O5S/c1-4-8-25-27-28(37(34-25)21-22-9-6-7-12-31-22)30(38)33-29(32-27)24-20-23(10-11-26(24)42-18-5-2)43(39,40)36-15-13-35(14-16-36)17-19-41-3/h6-7,9-12,20,25,34H,4-5,8,13-19,21H2,1-3H3,(H,32,33,38). The zero-order valence-electron chi connectivity index (χ0n) is 25.1. The lowest BCUT2D eigenvalue weighted by Crippen LogP contribution is -2.49. The summed E-state index contributed by atoms with van der Waals surface area (Å²) in [6.45, 7) is 8.34. The second-order valence-corrected chi connectivity index (χ2v) is 12.7. The van der Waals surface area contributed by atoms with Crippen molar-refractivity contribution in [1.29, 1.82) is 0 Å². The second-order valence-electron chi connectivity index (χ2n) is 10.8. The van der Waals surface area contributed by atoms with Gasteiger partial charge in [0.1, 0.15) is 17.3 Å². The van der Waals surface area contributed by atoms with Gasteiger partial charge in [-0.3, -0.25) is 19.7 Å². The lowest BCUT2D eigenvalue weighted by Gasteiger charge is -2.33. The molecule has 4 heterocycles. The monoisotopic (exact) mass is 611 g/mol. The van der Waals surface area contributed by atoms with Crippen LogP contribution in [0.4, 0.5) is 5.69 Å². The second kappa shape index (κ2) is 14.0. The predicted octanol–water partition coefficient (Wildman–Crippen LogP) is 2.94. The Hall–Kier alpha value is -3.36. The summed E-state index contributed by atoms with van der Waals surface area (Å²) in [5.74, 6) is 0.746. The Bertz CT molecular complexity index is 1540. The number of rotatable bonds is 13. The highest BCUT2D eigenvalue weighted by Gasteiger charge is 2.34. The number of fused-ring (bicyclic) bond motifs is 1. The van der Waals surface area contributed by atoms with Crippen molar-refractivity contribution in [2.75, 3.05) is 58.1 Å². The van der Waals surface area contributed by atoms with Gasteiger partial charge in [-0.15, -0.1) is 0 Å². The Morgan fingerprint density at radius 3 is 2.56 bits per heavy atom. The van der Waals surface area contributed by atoms with Crippen molar-refractivity contribution in [3.63, 3.8) is 0 Å². The van der Waals surface area contributed by atoms with Gasteiger partial charge in [0.05, 0.1) is 47.6 Å². The predicted molar refractivity (Wildman–Crippen MR) is 164 cm³/mol. The van der Waals surface area contributed by atoms with E-state index in [1.165, 1.54) is 4.31 Å². The number of hydrogen-bond acceptors (Lipinski definition) is 10. The molecule has 1 fully saturated rings. The Kier molecular flexibility index (Phi) is 10.1. The minimum Gasteiger partial charge on any atom is -0.493 e. The Labute approximate surface area is 253 Å². The van der Waals surface area contributed by atoms with Crippen LogP contribution in [0.15, 0.2) is 52.3 Å². The van der Waals surface area contributed by atoms with E-state index in [4.69, 9.17) is 14.5 Å². The summed E-state index contributed by atoms with van der Waals surface area (Å²) in [4.78, 5) is 28.2. The van der Waals surface area contributed by atoms with Gasteiger partial charge < -0.3 is 14.5 Å². The molecule has 232 valence electrons. The number of aromatic amines is 1. The summed E-state index contributed by atoms with van der Waals surface area (Å²) in [7, 11) is -2.12. The quantitative estimate of drug-likeness (QED) is 0.297. The van der Waals surface area contributed by atoms with Gasteiger partial charge in [-0.1, -0.05) is 26.3 Å². The Morgan fingerprint density at radius 1 is 1.05 bits per heavy atom. The maximum Gasteiger partial charge on any atom is 0.276 e. The third-order valence-electron chi connectivity index (χ3n) is 7.71. The van der Waals surface area contributed by atoms with E-state index in [0.717, 1.165) is 31.5 Å². The zero-order chi connectivity index (χ0) is 30.4. The SMILES string of the molecule is CCCOc1ccc(S(=O)(=O)N2CCN(CCOC)CC2)cc1-c1nc2c(c(=O)[nH]1)N(Cc1ccccn1)NC2CCC. The summed E-state index contributed by atoms with van der Waals surface area (Å²) < 4.78 is 40.2. The molecule has 2 aromatic heterocycles. The molecule has 1 saturated heterocycles. The van der Waals surface area contributed by atoms with E-state index in [9.17, 15) is 13.2 Å². The minimum absolute atomic E-state index is 0.139. The van der Waals surface area contributed by atoms with Gasteiger partial charge in [-0.2, -0.15) is 4.31 Å². The van der Waals surface area contributed by atoms with Crippen molar-refractivity contribution in [3.8, 4) is 17.1 Å². The van der Waals surface area contributed by atoms with Crippen LogP contribution in [-0.2, 0) is 21.3 Å². The van der Waals surface area contributed by atoms with Crippen molar-refractivity contribution < 1.29 is 17.9 Å².